The highest BCUT2D eigenvalue weighted by molar-refractivity contribution is 6.32. The molecule has 8 heteroatoms. The smallest absolute Gasteiger partial charge is 0.229 e. The van der Waals surface area contributed by atoms with E-state index in [2.05, 4.69) is 20.6 Å². The van der Waals surface area contributed by atoms with Crippen LogP contribution in [0.3, 0.4) is 0 Å². The third kappa shape index (κ3) is 4.75. The highest BCUT2D eigenvalue weighted by atomic mass is 35.5. The maximum absolute atomic E-state index is 9.53. The Bertz CT molecular complexity index is 892. The molecule has 0 saturated carbocycles. The van der Waals surface area contributed by atoms with Gasteiger partial charge in [-0.05, 0) is 24.3 Å². The van der Waals surface area contributed by atoms with E-state index < -0.39 is 0 Å². The molecule has 26 heavy (non-hydrogen) atoms. The Morgan fingerprint density at radius 3 is 2.58 bits per heavy atom. The van der Waals surface area contributed by atoms with Crippen molar-refractivity contribution in [1.29, 1.82) is 0 Å². The molecule has 0 atom stereocenters. The maximum Gasteiger partial charge on any atom is 0.229 e. The number of nitrogens with zero attached hydrogens (tertiary/aromatic N) is 2. The third-order valence-corrected chi connectivity index (χ3v) is 3.58. The zero-order chi connectivity index (χ0) is 18.4. The molecule has 7 nitrogen and oxygen atoms in total. The van der Waals surface area contributed by atoms with Crippen LogP contribution in [0.1, 0.15) is 0 Å². The summed E-state index contributed by atoms with van der Waals surface area (Å²) in [5.74, 6) is 1.51. The van der Waals surface area contributed by atoms with Crippen LogP contribution >= 0.6 is 11.6 Å². The number of halogens is 1. The summed E-state index contributed by atoms with van der Waals surface area (Å²) >= 11 is 6.18. The minimum atomic E-state index is -0.0561. The summed E-state index contributed by atoms with van der Waals surface area (Å²) in [4.78, 5) is 8.49. The summed E-state index contributed by atoms with van der Waals surface area (Å²) in [5, 5.41) is 24.8. The van der Waals surface area contributed by atoms with Crippen molar-refractivity contribution < 1.29 is 14.9 Å². The number of aliphatic hydroxyl groups excluding tert-OH is 1. The van der Waals surface area contributed by atoms with Gasteiger partial charge in [-0.25, -0.2) is 4.98 Å². The van der Waals surface area contributed by atoms with Crippen LogP contribution in [0.5, 0.6) is 11.5 Å². The highest BCUT2D eigenvalue weighted by Crippen LogP contribution is 2.27. The predicted molar refractivity (Wildman–Crippen MR) is 101 cm³/mol. The molecule has 2 aromatic carbocycles. The van der Waals surface area contributed by atoms with E-state index in [0.717, 1.165) is 5.69 Å². The molecule has 0 aliphatic rings. The van der Waals surface area contributed by atoms with Crippen LogP contribution in [0.4, 0.5) is 23.1 Å². The molecule has 0 spiro atoms. The van der Waals surface area contributed by atoms with E-state index >= 15 is 0 Å². The first-order valence-corrected chi connectivity index (χ1v) is 8.21. The van der Waals surface area contributed by atoms with E-state index in [1.165, 1.54) is 6.20 Å². The summed E-state index contributed by atoms with van der Waals surface area (Å²) in [6, 6.07) is 13.9. The molecule has 1 heterocycles. The molecule has 0 fully saturated rings. The molecule has 0 aliphatic heterocycles. The molecule has 0 saturated heterocycles. The fourth-order valence-electron chi connectivity index (χ4n) is 2.19. The first-order chi connectivity index (χ1) is 12.6. The maximum atomic E-state index is 9.53. The first-order valence-electron chi connectivity index (χ1n) is 7.83. The third-order valence-electron chi connectivity index (χ3n) is 3.30. The summed E-state index contributed by atoms with van der Waals surface area (Å²) in [5.41, 5.74) is 1.38. The summed E-state index contributed by atoms with van der Waals surface area (Å²) in [6.07, 6.45) is 1.48. The Morgan fingerprint density at radius 1 is 1.04 bits per heavy atom. The van der Waals surface area contributed by atoms with E-state index in [4.69, 9.17) is 21.4 Å². The Labute approximate surface area is 155 Å². The number of anilines is 4. The zero-order valence-corrected chi connectivity index (χ0v) is 14.4. The van der Waals surface area contributed by atoms with E-state index in [1.807, 2.05) is 12.1 Å². The van der Waals surface area contributed by atoms with Crippen LogP contribution in [0.2, 0.25) is 5.02 Å². The van der Waals surface area contributed by atoms with Crippen molar-refractivity contribution in [1.82, 2.24) is 9.97 Å². The highest BCUT2D eigenvalue weighted by Gasteiger charge is 2.07. The molecule has 0 radical (unpaired) electrons. The summed E-state index contributed by atoms with van der Waals surface area (Å²) < 4.78 is 5.39. The lowest BCUT2D eigenvalue weighted by molar-refractivity contribution is 0.201. The van der Waals surface area contributed by atoms with Crippen molar-refractivity contribution in [2.75, 3.05) is 23.8 Å². The molecule has 0 bridgehead atoms. The van der Waals surface area contributed by atoms with Crippen molar-refractivity contribution in [3.8, 4) is 11.5 Å². The molecule has 0 aliphatic carbocycles. The summed E-state index contributed by atoms with van der Waals surface area (Å²) in [6.45, 7) is 0.162. The van der Waals surface area contributed by atoms with Gasteiger partial charge in [-0.15, -0.1) is 0 Å². The van der Waals surface area contributed by atoms with E-state index in [-0.39, 0.29) is 19.0 Å². The molecular formula is C18H17ClN4O3. The Morgan fingerprint density at radius 2 is 1.81 bits per heavy atom. The van der Waals surface area contributed by atoms with Crippen molar-refractivity contribution in [3.05, 3.63) is 59.8 Å². The minimum absolute atomic E-state index is 0.0561. The van der Waals surface area contributed by atoms with Gasteiger partial charge < -0.3 is 25.6 Å². The standard InChI is InChI=1S/C18H17ClN4O3/c19-16-11-20-18(22-12-3-1-5-14(25)9-12)23-17(16)21-13-4-2-6-15(10-13)26-8-7-24/h1-6,9-11,24-25H,7-8H2,(H2,20,21,22,23). The lowest BCUT2D eigenvalue weighted by Gasteiger charge is -2.11. The number of hydrogen-bond acceptors (Lipinski definition) is 7. The number of phenols is 1. The molecule has 0 amide bonds. The Kier molecular flexibility index (Phi) is 5.73. The molecule has 1 aromatic heterocycles. The van der Waals surface area contributed by atoms with Gasteiger partial charge in [0, 0.05) is 23.5 Å². The van der Waals surface area contributed by atoms with Crippen molar-refractivity contribution in [2.45, 2.75) is 0 Å². The normalized spacial score (nSPS) is 10.4. The number of phenolic OH excluding ortho intramolecular Hbond substituents is 1. The number of nitrogens with one attached hydrogen (secondary N) is 2. The average Bonchev–Trinajstić information content (AvgIpc) is 2.63. The number of benzene rings is 2. The van der Waals surface area contributed by atoms with Gasteiger partial charge in [0.05, 0.1) is 12.8 Å². The van der Waals surface area contributed by atoms with Gasteiger partial charge in [-0.2, -0.15) is 4.98 Å². The van der Waals surface area contributed by atoms with E-state index in [1.54, 1.807) is 36.4 Å². The quantitative estimate of drug-likeness (QED) is 0.502. The fraction of sp³-hybridized carbons (Fsp3) is 0.111. The molecule has 3 rings (SSSR count). The number of rotatable bonds is 7. The van der Waals surface area contributed by atoms with Crippen molar-refractivity contribution in [2.24, 2.45) is 0 Å². The number of aliphatic hydroxyl groups is 1. The van der Waals surface area contributed by atoms with Gasteiger partial charge in [-0.3, -0.25) is 0 Å². The molecule has 3 aromatic rings. The minimum Gasteiger partial charge on any atom is -0.508 e. The average molecular weight is 373 g/mol. The SMILES string of the molecule is OCCOc1cccc(Nc2nc(Nc3cccc(O)c3)ncc2Cl)c1. The monoisotopic (exact) mass is 372 g/mol. The Balaban J connectivity index is 1.77. The molecule has 4 N–H and O–H groups in total. The van der Waals surface area contributed by atoms with Crippen LogP contribution in [0.15, 0.2) is 54.7 Å². The van der Waals surface area contributed by atoms with Crippen LogP contribution in [0.25, 0.3) is 0 Å². The van der Waals surface area contributed by atoms with E-state index in [9.17, 15) is 5.11 Å². The van der Waals surface area contributed by atoms with Gasteiger partial charge in [0.2, 0.25) is 5.95 Å². The van der Waals surface area contributed by atoms with Gasteiger partial charge in [0.1, 0.15) is 23.1 Å². The van der Waals surface area contributed by atoms with Crippen LogP contribution in [0, 0.1) is 0 Å². The number of hydrogen-bond donors (Lipinski definition) is 4. The second-order valence-electron chi connectivity index (χ2n) is 5.29. The van der Waals surface area contributed by atoms with Gasteiger partial charge in [0.25, 0.3) is 0 Å². The number of aromatic nitrogens is 2. The number of ether oxygens (including phenoxy) is 1. The first kappa shape index (κ1) is 17.8. The van der Waals surface area contributed by atoms with Crippen LogP contribution in [-0.4, -0.2) is 33.4 Å². The van der Waals surface area contributed by atoms with Crippen LogP contribution < -0.4 is 15.4 Å². The van der Waals surface area contributed by atoms with Gasteiger partial charge >= 0.3 is 0 Å². The topological polar surface area (TPSA) is 99.5 Å². The fourth-order valence-corrected chi connectivity index (χ4v) is 2.33. The van der Waals surface area contributed by atoms with Gasteiger partial charge in [-0.1, -0.05) is 23.7 Å². The lowest BCUT2D eigenvalue weighted by Crippen LogP contribution is -2.03. The second kappa shape index (κ2) is 8.37. The molecule has 134 valence electrons. The Hall–Kier alpha value is -3.03. The van der Waals surface area contributed by atoms with Gasteiger partial charge in [0.15, 0.2) is 5.82 Å². The largest absolute Gasteiger partial charge is 0.508 e. The molecular weight excluding hydrogens is 356 g/mol. The zero-order valence-electron chi connectivity index (χ0n) is 13.7. The molecule has 0 unspecified atom stereocenters. The number of aromatic hydroxyl groups is 1. The van der Waals surface area contributed by atoms with Crippen LogP contribution in [-0.2, 0) is 0 Å². The van der Waals surface area contributed by atoms with Crippen molar-refractivity contribution in [3.63, 3.8) is 0 Å². The second-order valence-corrected chi connectivity index (χ2v) is 5.70. The predicted octanol–water partition coefficient (Wildman–Crippen LogP) is 3.69. The summed E-state index contributed by atoms with van der Waals surface area (Å²) in [7, 11) is 0. The van der Waals surface area contributed by atoms with Crippen molar-refractivity contribution >= 4 is 34.7 Å². The lowest BCUT2D eigenvalue weighted by atomic mass is 10.3. The van der Waals surface area contributed by atoms with E-state index in [0.29, 0.717) is 28.2 Å².